The van der Waals surface area contributed by atoms with E-state index in [1.165, 1.54) is 18.3 Å². The average Bonchev–Trinajstić information content (AvgIpc) is 2.26. The molecular weight excluding hydrogens is 196 g/mol. The zero-order valence-electron chi connectivity index (χ0n) is 8.47. The van der Waals surface area contributed by atoms with E-state index in [4.69, 9.17) is 5.11 Å². The molecular formula is C10H14N2O3. The summed E-state index contributed by atoms with van der Waals surface area (Å²) in [6.07, 6.45) is 2.05. The second-order valence-electron chi connectivity index (χ2n) is 3.13. The molecule has 1 rings (SSSR count). The Morgan fingerprint density at radius 3 is 2.93 bits per heavy atom. The summed E-state index contributed by atoms with van der Waals surface area (Å²) >= 11 is 0. The lowest BCUT2D eigenvalue weighted by Gasteiger charge is -2.13. The van der Waals surface area contributed by atoms with E-state index in [0.717, 1.165) is 0 Å². The molecule has 3 N–H and O–H groups in total. The smallest absolute Gasteiger partial charge is 0.274 e. The van der Waals surface area contributed by atoms with Crippen LogP contribution in [-0.2, 0) is 0 Å². The van der Waals surface area contributed by atoms with E-state index in [9.17, 15) is 9.90 Å². The molecule has 1 atom stereocenters. The number of carbonyl (C=O) groups is 1. The Morgan fingerprint density at radius 2 is 2.40 bits per heavy atom. The second kappa shape index (κ2) is 5.31. The minimum absolute atomic E-state index is 0.0237. The first-order valence-corrected chi connectivity index (χ1v) is 4.74. The third kappa shape index (κ3) is 2.92. The number of hydrogen-bond donors (Lipinski definition) is 3. The maximum atomic E-state index is 11.5. The fourth-order valence-electron chi connectivity index (χ4n) is 1.10. The van der Waals surface area contributed by atoms with Gasteiger partial charge in [-0.15, -0.1) is 0 Å². The predicted molar refractivity (Wildman–Crippen MR) is 54.5 cm³/mol. The topological polar surface area (TPSA) is 82.5 Å². The van der Waals surface area contributed by atoms with E-state index >= 15 is 0 Å². The van der Waals surface area contributed by atoms with Crippen molar-refractivity contribution in [2.75, 3.05) is 6.61 Å². The average molecular weight is 210 g/mol. The molecule has 82 valence electrons. The molecule has 0 saturated heterocycles. The Balaban J connectivity index is 2.73. The highest BCUT2D eigenvalue weighted by molar-refractivity contribution is 5.94. The van der Waals surface area contributed by atoms with Crippen LogP contribution in [0.2, 0.25) is 0 Å². The van der Waals surface area contributed by atoms with Crippen molar-refractivity contribution in [1.29, 1.82) is 0 Å². The van der Waals surface area contributed by atoms with E-state index in [0.29, 0.717) is 6.42 Å². The number of carbonyl (C=O) groups excluding carboxylic acids is 1. The standard InChI is InChI=1S/C10H14N2O3/c1-2-7(6-13)12-10(15)9-8(14)4-3-5-11-9/h3-5,7,13-14H,2,6H2,1H3,(H,12,15). The number of aromatic nitrogens is 1. The summed E-state index contributed by atoms with van der Waals surface area (Å²) in [5, 5.41) is 20.8. The van der Waals surface area contributed by atoms with Crippen molar-refractivity contribution in [2.24, 2.45) is 0 Å². The van der Waals surface area contributed by atoms with Gasteiger partial charge in [0.05, 0.1) is 12.6 Å². The normalized spacial score (nSPS) is 12.1. The van der Waals surface area contributed by atoms with Crippen LogP contribution in [0, 0.1) is 0 Å². The van der Waals surface area contributed by atoms with E-state index in [2.05, 4.69) is 10.3 Å². The van der Waals surface area contributed by atoms with Crippen molar-refractivity contribution in [3.63, 3.8) is 0 Å². The number of pyridine rings is 1. The quantitative estimate of drug-likeness (QED) is 0.667. The first kappa shape index (κ1) is 11.5. The molecule has 0 saturated carbocycles. The second-order valence-corrected chi connectivity index (χ2v) is 3.13. The molecule has 0 aliphatic carbocycles. The number of aromatic hydroxyl groups is 1. The first-order chi connectivity index (χ1) is 7.19. The number of aliphatic hydroxyl groups excluding tert-OH is 1. The van der Waals surface area contributed by atoms with Crippen LogP contribution in [0.4, 0.5) is 0 Å². The third-order valence-corrected chi connectivity index (χ3v) is 2.05. The number of amides is 1. The lowest BCUT2D eigenvalue weighted by molar-refractivity contribution is 0.0907. The molecule has 0 aliphatic rings. The van der Waals surface area contributed by atoms with Gasteiger partial charge in [0.15, 0.2) is 5.69 Å². The molecule has 0 bridgehead atoms. The molecule has 1 aromatic heterocycles. The van der Waals surface area contributed by atoms with Crippen LogP contribution in [0.5, 0.6) is 5.75 Å². The Morgan fingerprint density at radius 1 is 1.67 bits per heavy atom. The summed E-state index contributed by atoms with van der Waals surface area (Å²) < 4.78 is 0. The summed E-state index contributed by atoms with van der Waals surface area (Å²) in [4.78, 5) is 15.3. The molecule has 0 aliphatic heterocycles. The molecule has 0 radical (unpaired) electrons. The van der Waals surface area contributed by atoms with E-state index in [-0.39, 0.29) is 24.1 Å². The van der Waals surface area contributed by atoms with Crippen LogP contribution in [0.15, 0.2) is 18.3 Å². The Hall–Kier alpha value is -1.62. The zero-order valence-corrected chi connectivity index (χ0v) is 8.47. The molecule has 0 fully saturated rings. The number of rotatable bonds is 4. The molecule has 0 spiro atoms. The van der Waals surface area contributed by atoms with Crippen LogP contribution < -0.4 is 5.32 Å². The molecule has 1 aromatic rings. The van der Waals surface area contributed by atoms with Gasteiger partial charge in [-0.3, -0.25) is 4.79 Å². The number of nitrogens with one attached hydrogen (secondary N) is 1. The zero-order chi connectivity index (χ0) is 11.3. The van der Waals surface area contributed by atoms with E-state index in [1.807, 2.05) is 6.92 Å². The fourth-order valence-corrected chi connectivity index (χ4v) is 1.10. The molecule has 0 aromatic carbocycles. The lowest BCUT2D eigenvalue weighted by Crippen LogP contribution is -2.37. The van der Waals surface area contributed by atoms with Crippen molar-refractivity contribution in [2.45, 2.75) is 19.4 Å². The largest absolute Gasteiger partial charge is 0.505 e. The summed E-state index contributed by atoms with van der Waals surface area (Å²) in [7, 11) is 0. The van der Waals surface area contributed by atoms with Gasteiger partial charge in [-0.2, -0.15) is 0 Å². The van der Waals surface area contributed by atoms with Gasteiger partial charge in [0, 0.05) is 6.20 Å². The molecule has 5 heteroatoms. The van der Waals surface area contributed by atoms with Gasteiger partial charge in [0.2, 0.25) is 0 Å². The Labute approximate surface area is 87.8 Å². The predicted octanol–water partition coefficient (Wildman–Crippen LogP) is 0.288. The van der Waals surface area contributed by atoms with Gasteiger partial charge in [-0.1, -0.05) is 6.92 Å². The van der Waals surface area contributed by atoms with Gasteiger partial charge >= 0.3 is 0 Å². The van der Waals surface area contributed by atoms with Gasteiger partial charge in [-0.25, -0.2) is 4.98 Å². The minimum atomic E-state index is -0.478. The van der Waals surface area contributed by atoms with Crippen LogP contribution in [0.3, 0.4) is 0 Å². The summed E-state index contributed by atoms with van der Waals surface area (Å²) in [5.41, 5.74) is -0.0237. The highest BCUT2D eigenvalue weighted by atomic mass is 16.3. The molecule has 5 nitrogen and oxygen atoms in total. The minimum Gasteiger partial charge on any atom is -0.505 e. The lowest BCUT2D eigenvalue weighted by atomic mass is 10.2. The number of nitrogens with zero attached hydrogens (tertiary/aromatic N) is 1. The summed E-state index contributed by atoms with van der Waals surface area (Å²) in [5.74, 6) is -0.642. The van der Waals surface area contributed by atoms with Gasteiger partial charge in [0.1, 0.15) is 5.75 Å². The van der Waals surface area contributed by atoms with Crippen LogP contribution in [0.1, 0.15) is 23.8 Å². The van der Waals surface area contributed by atoms with Crippen LogP contribution in [-0.4, -0.2) is 33.8 Å². The van der Waals surface area contributed by atoms with Crippen molar-refractivity contribution in [3.8, 4) is 5.75 Å². The maximum absolute atomic E-state index is 11.5. The van der Waals surface area contributed by atoms with Crippen molar-refractivity contribution < 1.29 is 15.0 Å². The number of hydrogen-bond acceptors (Lipinski definition) is 4. The summed E-state index contributed by atoms with van der Waals surface area (Å²) in [6.45, 7) is 1.72. The maximum Gasteiger partial charge on any atom is 0.274 e. The summed E-state index contributed by atoms with van der Waals surface area (Å²) in [6, 6.07) is 2.62. The van der Waals surface area contributed by atoms with Gasteiger partial charge < -0.3 is 15.5 Å². The van der Waals surface area contributed by atoms with E-state index in [1.54, 1.807) is 0 Å². The van der Waals surface area contributed by atoms with Gasteiger partial charge in [0.25, 0.3) is 5.91 Å². The first-order valence-electron chi connectivity index (χ1n) is 4.74. The fraction of sp³-hybridized carbons (Fsp3) is 0.400. The van der Waals surface area contributed by atoms with E-state index < -0.39 is 5.91 Å². The number of aliphatic hydroxyl groups is 1. The molecule has 1 heterocycles. The van der Waals surface area contributed by atoms with Crippen molar-refractivity contribution in [1.82, 2.24) is 10.3 Å². The monoisotopic (exact) mass is 210 g/mol. The van der Waals surface area contributed by atoms with Crippen molar-refractivity contribution >= 4 is 5.91 Å². The molecule has 1 amide bonds. The SMILES string of the molecule is CCC(CO)NC(=O)c1ncccc1O. The van der Waals surface area contributed by atoms with Gasteiger partial charge in [-0.05, 0) is 18.6 Å². The molecule has 1 unspecified atom stereocenters. The third-order valence-electron chi connectivity index (χ3n) is 2.05. The van der Waals surface area contributed by atoms with Crippen LogP contribution in [0.25, 0.3) is 0 Å². The highest BCUT2D eigenvalue weighted by Gasteiger charge is 2.15. The van der Waals surface area contributed by atoms with Crippen molar-refractivity contribution in [3.05, 3.63) is 24.0 Å². The Bertz CT molecular complexity index is 337. The highest BCUT2D eigenvalue weighted by Crippen LogP contribution is 2.12. The molecule has 15 heavy (non-hydrogen) atoms. The Kier molecular flexibility index (Phi) is 4.05. The van der Waals surface area contributed by atoms with Crippen LogP contribution >= 0.6 is 0 Å².